The van der Waals surface area contributed by atoms with Crippen molar-refractivity contribution in [2.24, 2.45) is 0 Å². The van der Waals surface area contributed by atoms with Gasteiger partial charge in [-0.1, -0.05) is 24.3 Å². The van der Waals surface area contributed by atoms with Gasteiger partial charge >= 0.3 is 5.97 Å². The van der Waals surface area contributed by atoms with Crippen molar-refractivity contribution in [3.8, 4) is 5.75 Å². The van der Waals surface area contributed by atoms with Crippen LogP contribution in [0.1, 0.15) is 5.56 Å². The molecule has 86 valence electrons. The maximum atomic E-state index is 11.6. The number of halogens is 3. The first kappa shape index (κ1) is 13.9. The van der Waals surface area contributed by atoms with Gasteiger partial charge < -0.3 is 4.74 Å². The van der Waals surface area contributed by atoms with Gasteiger partial charge in [0.05, 0.1) is 0 Å². The number of rotatable bonds is 3. The van der Waals surface area contributed by atoms with Gasteiger partial charge in [0.15, 0.2) is 0 Å². The molecule has 5 heteroatoms. The van der Waals surface area contributed by atoms with Crippen LogP contribution in [-0.4, -0.2) is 8.11 Å². The van der Waals surface area contributed by atoms with E-state index in [4.69, 9.17) is 4.74 Å². The molecule has 0 radical (unpaired) electrons. The number of para-hydroxylation sites is 1. The largest absolute Gasteiger partial charge is 0.424 e. The molecule has 0 heterocycles. The van der Waals surface area contributed by atoms with Crippen LogP contribution in [0.2, 0.25) is 0 Å². The molecular weight excluding hydrogens is 404 g/mol. The Bertz CT molecular complexity index is 396. The molecule has 0 N–H and O–H groups in total. The monoisotopic (exact) mass is 410 g/mol. The average molecular weight is 413 g/mol. The van der Waals surface area contributed by atoms with Crippen LogP contribution in [0, 0.1) is 0 Å². The smallest absolute Gasteiger partial charge is 0.350 e. The van der Waals surface area contributed by atoms with Crippen LogP contribution in [0.5, 0.6) is 5.75 Å². The van der Waals surface area contributed by atoms with E-state index in [0.717, 1.165) is 5.56 Å². The number of benzene rings is 1. The second-order valence-electron chi connectivity index (χ2n) is 2.99. The Kier molecular flexibility index (Phi) is 5.21. The van der Waals surface area contributed by atoms with E-state index in [0.29, 0.717) is 12.2 Å². The van der Waals surface area contributed by atoms with Gasteiger partial charge in [0.1, 0.15) is 5.75 Å². The molecule has 1 aromatic rings. The summed E-state index contributed by atoms with van der Waals surface area (Å²) in [6.45, 7) is 3.66. The second kappa shape index (κ2) is 5.98. The SMILES string of the molecule is C=CCc1ccccc1OC(=O)C(Br)(Br)Br. The molecule has 0 spiro atoms. The minimum atomic E-state index is -1.05. The number of ether oxygens (including phenoxy) is 1. The van der Waals surface area contributed by atoms with Crippen molar-refractivity contribution in [1.82, 2.24) is 0 Å². The molecule has 0 unspecified atom stereocenters. The number of allylic oxidation sites excluding steroid dienone is 1. The molecule has 0 aliphatic carbocycles. The minimum Gasteiger partial charge on any atom is -0.424 e. The van der Waals surface area contributed by atoms with Crippen molar-refractivity contribution in [1.29, 1.82) is 0 Å². The van der Waals surface area contributed by atoms with Gasteiger partial charge in [-0.3, -0.25) is 0 Å². The fourth-order valence-corrected chi connectivity index (χ4v) is 1.33. The van der Waals surface area contributed by atoms with Crippen molar-refractivity contribution in [2.45, 2.75) is 8.56 Å². The summed E-state index contributed by atoms with van der Waals surface area (Å²) in [7, 11) is 0. The lowest BCUT2D eigenvalue weighted by Crippen LogP contribution is -2.23. The summed E-state index contributed by atoms with van der Waals surface area (Å²) < 4.78 is 4.19. The second-order valence-corrected chi connectivity index (χ2v) is 9.75. The van der Waals surface area contributed by atoms with Crippen molar-refractivity contribution in [3.63, 3.8) is 0 Å². The van der Waals surface area contributed by atoms with Crippen molar-refractivity contribution in [2.75, 3.05) is 0 Å². The Morgan fingerprint density at radius 3 is 2.56 bits per heavy atom. The minimum absolute atomic E-state index is 0.469. The Balaban J connectivity index is 2.88. The van der Waals surface area contributed by atoms with Crippen LogP contribution < -0.4 is 4.74 Å². The molecule has 2 nitrogen and oxygen atoms in total. The van der Waals surface area contributed by atoms with Gasteiger partial charge in [-0.05, 0) is 65.8 Å². The maximum Gasteiger partial charge on any atom is 0.350 e. The molecule has 0 saturated carbocycles. The van der Waals surface area contributed by atoms with Crippen LogP contribution in [0.25, 0.3) is 0 Å². The van der Waals surface area contributed by atoms with E-state index in [1.54, 1.807) is 12.1 Å². The number of carbonyl (C=O) groups excluding carboxylic acids is 1. The van der Waals surface area contributed by atoms with Gasteiger partial charge in [0.25, 0.3) is 0 Å². The van der Waals surface area contributed by atoms with E-state index >= 15 is 0 Å². The lowest BCUT2D eigenvalue weighted by Gasteiger charge is -2.13. The summed E-state index contributed by atoms with van der Waals surface area (Å²) in [6, 6.07) is 7.34. The Labute approximate surface area is 119 Å². The van der Waals surface area contributed by atoms with Gasteiger partial charge in [-0.15, -0.1) is 6.58 Å². The zero-order valence-electron chi connectivity index (χ0n) is 8.25. The molecule has 16 heavy (non-hydrogen) atoms. The standard InChI is InChI=1S/C11H9Br3O2/c1-2-5-8-6-3-4-7-9(8)16-10(15)11(12,13)14/h2-4,6-7H,1,5H2. The molecule has 0 amide bonds. The Morgan fingerprint density at radius 2 is 2.00 bits per heavy atom. The summed E-state index contributed by atoms with van der Waals surface area (Å²) in [5.41, 5.74) is 0.919. The van der Waals surface area contributed by atoms with Crippen LogP contribution in [0.15, 0.2) is 36.9 Å². The fraction of sp³-hybridized carbons (Fsp3) is 0.182. The van der Waals surface area contributed by atoms with E-state index in [1.807, 2.05) is 18.2 Å². The fourth-order valence-electron chi connectivity index (χ4n) is 1.09. The molecule has 0 bridgehead atoms. The first-order chi connectivity index (χ1) is 7.45. The zero-order valence-corrected chi connectivity index (χ0v) is 13.0. The van der Waals surface area contributed by atoms with Gasteiger partial charge in [0.2, 0.25) is 2.14 Å². The number of alkyl halides is 3. The van der Waals surface area contributed by atoms with Gasteiger partial charge in [-0.25, -0.2) is 4.79 Å². The third kappa shape index (κ3) is 4.03. The first-order valence-electron chi connectivity index (χ1n) is 4.43. The predicted molar refractivity (Wildman–Crippen MR) is 75.5 cm³/mol. The molecule has 1 rings (SSSR count). The summed E-state index contributed by atoms with van der Waals surface area (Å²) in [5.74, 6) is 0.0686. The highest BCUT2D eigenvalue weighted by Crippen LogP contribution is 2.35. The number of carbonyl (C=O) groups is 1. The Hall–Kier alpha value is -0.130. The topological polar surface area (TPSA) is 26.3 Å². The molecular formula is C11H9Br3O2. The number of hydrogen-bond donors (Lipinski definition) is 0. The first-order valence-corrected chi connectivity index (χ1v) is 6.81. The summed E-state index contributed by atoms with van der Waals surface area (Å²) in [5, 5.41) is 0. The van der Waals surface area contributed by atoms with Gasteiger partial charge in [-0.2, -0.15) is 0 Å². The van der Waals surface area contributed by atoms with Crippen molar-refractivity contribution < 1.29 is 9.53 Å². The lowest BCUT2D eigenvalue weighted by atomic mass is 10.1. The van der Waals surface area contributed by atoms with E-state index in [2.05, 4.69) is 54.4 Å². The molecule has 0 saturated heterocycles. The number of hydrogen-bond acceptors (Lipinski definition) is 2. The van der Waals surface area contributed by atoms with Crippen molar-refractivity contribution in [3.05, 3.63) is 42.5 Å². The average Bonchev–Trinajstić information content (AvgIpc) is 2.20. The Morgan fingerprint density at radius 1 is 1.38 bits per heavy atom. The van der Waals surface area contributed by atoms with E-state index in [-0.39, 0.29) is 0 Å². The maximum absolute atomic E-state index is 11.6. The van der Waals surface area contributed by atoms with Crippen molar-refractivity contribution >= 4 is 53.8 Å². The summed E-state index contributed by atoms with van der Waals surface area (Å²) >= 11 is 9.31. The van der Waals surface area contributed by atoms with Crippen LogP contribution in [-0.2, 0) is 11.2 Å². The van der Waals surface area contributed by atoms with Crippen LogP contribution in [0.3, 0.4) is 0 Å². The highest BCUT2D eigenvalue weighted by molar-refractivity contribution is 9.40. The van der Waals surface area contributed by atoms with Gasteiger partial charge in [0, 0.05) is 0 Å². The normalized spacial score (nSPS) is 10.9. The quantitative estimate of drug-likeness (QED) is 0.322. The molecule has 0 atom stereocenters. The third-order valence-electron chi connectivity index (χ3n) is 1.77. The van der Waals surface area contributed by atoms with E-state index in [9.17, 15) is 4.79 Å². The molecule has 1 aromatic carbocycles. The molecule has 0 aliphatic rings. The van der Waals surface area contributed by atoms with Crippen LogP contribution >= 0.6 is 47.8 Å². The highest BCUT2D eigenvalue weighted by atomic mass is 80.0. The zero-order chi connectivity index (χ0) is 12.2. The molecule has 0 fully saturated rings. The van der Waals surface area contributed by atoms with E-state index < -0.39 is 8.11 Å². The number of esters is 1. The molecule has 0 aromatic heterocycles. The van der Waals surface area contributed by atoms with E-state index in [1.165, 1.54) is 0 Å². The highest BCUT2D eigenvalue weighted by Gasteiger charge is 2.31. The third-order valence-corrected chi connectivity index (χ3v) is 2.74. The summed E-state index contributed by atoms with van der Waals surface area (Å²) in [4.78, 5) is 11.6. The molecule has 0 aliphatic heterocycles. The predicted octanol–water partition coefficient (Wildman–Crippen LogP) is 4.16. The lowest BCUT2D eigenvalue weighted by molar-refractivity contribution is -0.132. The van der Waals surface area contributed by atoms with Crippen LogP contribution in [0.4, 0.5) is 0 Å². The summed E-state index contributed by atoms with van der Waals surface area (Å²) in [6.07, 6.45) is 2.42.